The highest BCUT2D eigenvalue weighted by atomic mass is 16.2. The standard InChI is InChI=1S/C17H18N2O2/c1-19-15-10-6-5-7-12(15)11-14(17(19)21)16(20)18-13-8-3-2-4-9-13/h2-4,8-9,11H,5-7,10H2,1H3,(H,18,20). The number of para-hydroxylation sites is 1. The van der Waals surface area contributed by atoms with E-state index in [1.807, 2.05) is 18.2 Å². The molecule has 0 unspecified atom stereocenters. The molecule has 1 aliphatic rings. The molecule has 21 heavy (non-hydrogen) atoms. The summed E-state index contributed by atoms with van der Waals surface area (Å²) in [7, 11) is 1.76. The van der Waals surface area contributed by atoms with E-state index in [0.717, 1.165) is 36.9 Å². The molecule has 1 aromatic heterocycles. The number of aryl methyl sites for hydroxylation is 1. The number of benzene rings is 1. The summed E-state index contributed by atoms with van der Waals surface area (Å²) in [6, 6.07) is 11.0. The topological polar surface area (TPSA) is 51.1 Å². The summed E-state index contributed by atoms with van der Waals surface area (Å²) in [5.74, 6) is -0.338. The van der Waals surface area contributed by atoms with Crippen LogP contribution in [-0.4, -0.2) is 10.5 Å². The van der Waals surface area contributed by atoms with Gasteiger partial charge < -0.3 is 9.88 Å². The van der Waals surface area contributed by atoms with Gasteiger partial charge in [-0.1, -0.05) is 18.2 Å². The molecule has 2 aromatic rings. The van der Waals surface area contributed by atoms with E-state index >= 15 is 0 Å². The summed E-state index contributed by atoms with van der Waals surface area (Å²) in [4.78, 5) is 24.7. The molecule has 0 saturated heterocycles. The summed E-state index contributed by atoms with van der Waals surface area (Å²) in [5.41, 5.74) is 2.90. The van der Waals surface area contributed by atoms with Gasteiger partial charge in [-0.3, -0.25) is 9.59 Å². The Kier molecular flexibility index (Phi) is 3.60. The van der Waals surface area contributed by atoms with E-state index < -0.39 is 0 Å². The lowest BCUT2D eigenvalue weighted by molar-refractivity contribution is 0.102. The van der Waals surface area contributed by atoms with Crippen molar-refractivity contribution in [3.8, 4) is 0 Å². The zero-order chi connectivity index (χ0) is 14.8. The van der Waals surface area contributed by atoms with Crippen LogP contribution in [0.1, 0.15) is 34.5 Å². The number of carbonyl (C=O) groups is 1. The molecule has 0 fully saturated rings. The fraction of sp³-hybridized carbons (Fsp3) is 0.294. The predicted molar refractivity (Wildman–Crippen MR) is 82.7 cm³/mol. The Bertz CT molecular complexity index is 732. The third-order valence-electron chi connectivity index (χ3n) is 4.02. The smallest absolute Gasteiger partial charge is 0.263 e. The van der Waals surface area contributed by atoms with Gasteiger partial charge in [0.25, 0.3) is 11.5 Å². The lowest BCUT2D eigenvalue weighted by Crippen LogP contribution is -2.31. The second-order valence-corrected chi connectivity index (χ2v) is 5.42. The Morgan fingerprint density at radius 2 is 1.86 bits per heavy atom. The van der Waals surface area contributed by atoms with Crippen molar-refractivity contribution in [1.82, 2.24) is 4.57 Å². The number of fused-ring (bicyclic) bond motifs is 1. The third-order valence-corrected chi connectivity index (χ3v) is 4.02. The number of nitrogens with one attached hydrogen (secondary N) is 1. The van der Waals surface area contributed by atoms with Crippen molar-refractivity contribution in [2.45, 2.75) is 25.7 Å². The van der Waals surface area contributed by atoms with Gasteiger partial charge >= 0.3 is 0 Å². The summed E-state index contributed by atoms with van der Waals surface area (Å²) in [6.45, 7) is 0. The zero-order valence-corrected chi connectivity index (χ0v) is 12.1. The van der Waals surface area contributed by atoms with Crippen molar-refractivity contribution in [2.24, 2.45) is 7.05 Å². The molecule has 0 spiro atoms. The maximum Gasteiger partial charge on any atom is 0.263 e. The number of hydrogen-bond acceptors (Lipinski definition) is 2. The van der Waals surface area contributed by atoms with Crippen LogP contribution in [-0.2, 0) is 19.9 Å². The zero-order valence-electron chi connectivity index (χ0n) is 12.1. The average molecular weight is 282 g/mol. The van der Waals surface area contributed by atoms with Crippen molar-refractivity contribution in [3.63, 3.8) is 0 Å². The maximum absolute atomic E-state index is 12.4. The van der Waals surface area contributed by atoms with E-state index in [1.54, 1.807) is 29.8 Å². The van der Waals surface area contributed by atoms with Gasteiger partial charge in [-0.2, -0.15) is 0 Å². The van der Waals surface area contributed by atoms with Crippen molar-refractivity contribution in [2.75, 3.05) is 5.32 Å². The van der Waals surface area contributed by atoms with Crippen molar-refractivity contribution >= 4 is 11.6 Å². The number of anilines is 1. The van der Waals surface area contributed by atoms with E-state index in [1.165, 1.54) is 0 Å². The second kappa shape index (κ2) is 5.56. The largest absolute Gasteiger partial charge is 0.322 e. The Morgan fingerprint density at radius 3 is 2.62 bits per heavy atom. The van der Waals surface area contributed by atoms with Crippen LogP contribution < -0.4 is 10.9 Å². The molecule has 0 atom stereocenters. The minimum atomic E-state index is -0.338. The normalized spacial score (nSPS) is 13.6. The molecule has 1 amide bonds. The van der Waals surface area contributed by atoms with Crippen LogP contribution in [0.25, 0.3) is 0 Å². The Labute approximate surface area is 123 Å². The van der Waals surface area contributed by atoms with Crippen LogP contribution in [0.4, 0.5) is 5.69 Å². The minimum Gasteiger partial charge on any atom is -0.322 e. The van der Waals surface area contributed by atoms with Crippen LogP contribution in [0.3, 0.4) is 0 Å². The van der Waals surface area contributed by atoms with Crippen LogP contribution in [0.5, 0.6) is 0 Å². The molecule has 1 N–H and O–H groups in total. The van der Waals surface area contributed by atoms with Crippen molar-refractivity contribution in [1.29, 1.82) is 0 Å². The van der Waals surface area contributed by atoms with E-state index in [-0.39, 0.29) is 17.0 Å². The van der Waals surface area contributed by atoms with Crippen LogP contribution in [0.2, 0.25) is 0 Å². The SMILES string of the molecule is Cn1c2c(cc(C(=O)Nc3ccccc3)c1=O)CCCC2. The highest BCUT2D eigenvalue weighted by molar-refractivity contribution is 6.04. The number of pyridine rings is 1. The van der Waals surface area contributed by atoms with Crippen molar-refractivity contribution in [3.05, 3.63) is 63.6 Å². The van der Waals surface area contributed by atoms with Gasteiger partial charge in [0, 0.05) is 18.4 Å². The lowest BCUT2D eigenvalue weighted by atomic mass is 9.94. The van der Waals surface area contributed by atoms with Gasteiger partial charge in [-0.05, 0) is 49.4 Å². The number of rotatable bonds is 2. The molecule has 0 aliphatic heterocycles. The lowest BCUT2D eigenvalue weighted by Gasteiger charge is -2.20. The van der Waals surface area contributed by atoms with E-state index in [9.17, 15) is 9.59 Å². The van der Waals surface area contributed by atoms with Gasteiger partial charge in [0.05, 0.1) is 0 Å². The first kappa shape index (κ1) is 13.6. The Hall–Kier alpha value is -2.36. The average Bonchev–Trinajstić information content (AvgIpc) is 2.52. The van der Waals surface area contributed by atoms with Gasteiger partial charge in [-0.25, -0.2) is 0 Å². The van der Waals surface area contributed by atoms with Crippen LogP contribution >= 0.6 is 0 Å². The van der Waals surface area contributed by atoms with Crippen molar-refractivity contribution < 1.29 is 4.79 Å². The molecule has 1 heterocycles. The number of hydrogen-bond donors (Lipinski definition) is 1. The molecular weight excluding hydrogens is 264 g/mol. The first-order chi connectivity index (χ1) is 10.2. The maximum atomic E-state index is 12.4. The third kappa shape index (κ3) is 2.61. The first-order valence-electron chi connectivity index (χ1n) is 7.25. The monoisotopic (exact) mass is 282 g/mol. The molecule has 0 bridgehead atoms. The molecule has 3 rings (SSSR count). The number of nitrogens with zero attached hydrogens (tertiary/aromatic N) is 1. The molecule has 4 heteroatoms. The number of carbonyl (C=O) groups excluding carboxylic acids is 1. The molecule has 0 radical (unpaired) electrons. The fourth-order valence-electron chi connectivity index (χ4n) is 2.87. The fourth-order valence-corrected chi connectivity index (χ4v) is 2.87. The first-order valence-corrected chi connectivity index (χ1v) is 7.25. The van der Waals surface area contributed by atoms with Gasteiger partial charge in [0.1, 0.15) is 5.56 Å². The van der Waals surface area contributed by atoms with Gasteiger partial charge in [0.2, 0.25) is 0 Å². The Balaban J connectivity index is 1.97. The second-order valence-electron chi connectivity index (χ2n) is 5.42. The summed E-state index contributed by atoms with van der Waals surface area (Å²) in [5, 5.41) is 2.78. The molecule has 1 aromatic carbocycles. The Morgan fingerprint density at radius 1 is 1.14 bits per heavy atom. The minimum absolute atomic E-state index is 0.218. The molecule has 1 aliphatic carbocycles. The highest BCUT2D eigenvalue weighted by Crippen LogP contribution is 2.20. The summed E-state index contributed by atoms with van der Waals surface area (Å²) < 4.78 is 1.63. The quantitative estimate of drug-likeness (QED) is 0.920. The summed E-state index contributed by atoms with van der Waals surface area (Å²) in [6.07, 6.45) is 4.08. The van der Waals surface area contributed by atoms with Gasteiger partial charge in [-0.15, -0.1) is 0 Å². The summed E-state index contributed by atoms with van der Waals surface area (Å²) >= 11 is 0. The van der Waals surface area contributed by atoms with Crippen LogP contribution in [0.15, 0.2) is 41.2 Å². The predicted octanol–water partition coefficient (Wildman–Crippen LogP) is 2.52. The number of aromatic nitrogens is 1. The molecule has 108 valence electrons. The van der Waals surface area contributed by atoms with E-state index in [0.29, 0.717) is 5.69 Å². The molecular formula is C17H18N2O2. The molecule has 0 saturated carbocycles. The van der Waals surface area contributed by atoms with E-state index in [4.69, 9.17) is 0 Å². The molecule has 4 nitrogen and oxygen atoms in total. The van der Waals surface area contributed by atoms with E-state index in [2.05, 4.69) is 5.32 Å². The highest BCUT2D eigenvalue weighted by Gasteiger charge is 2.19. The number of amides is 1. The van der Waals surface area contributed by atoms with Gasteiger partial charge in [0.15, 0.2) is 0 Å². The van der Waals surface area contributed by atoms with Crippen LogP contribution in [0, 0.1) is 0 Å².